The van der Waals surface area contributed by atoms with Gasteiger partial charge in [-0.3, -0.25) is 9.59 Å². The standard InChI is InChI=1S/C31H26F2N2O2/c32-27-12-8-23(9-13-27)20-35(31(37)25-6-3-7-28(33)19-25)29-14-10-22(11-15-29)18-30(36)34-17-16-24-4-1-2-5-26(24)21-34/h1-15,19H,16-18,20-21H2. The molecule has 0 radical (unpaired) electrons. The van der Waals surface area contributed by atoms with Gasteiger partial charge in [-0.25, -0.2) is 8.78 Å². The third-order valence-electron chi connectivity index (χ3n) is 6.66. The van der Waals surface area contributed by atoms with Gasteiger partial charge in [-0.05, 0) is 71.1 Å². The fourth-order valence-corrected chi connectivity index (χ4v) is 4.62. The van der Waals surface area contributed by atoms with Crippen molar-refractivity contribution < 1.29 is 18.4 Å². The van der Waals surface area contributed by atoms with E-state index in [-0.39, 0.29) is 36.2 Å². The maximum Gasteiger partial charge on any atom is 0.258 e. The fourth-order valence-electron chi connectivity index (χ4n) is 4.62. The van der Waals surface area contributed by atoms with E-state index in [0.717, 1.165) is 17.5 Å². The van der Waals surface area contributed by atoms with Gasteiger partial charge < -0.3 is 9.80 Å². The molecule has 0 fully saturated rings. The van der Waals surface area contributed by atoms with E-state index in [0.29, 0.717) is 18.8 Å². The molecule has 186 valence electrons. The highest BCUT2D eigenvalue weighted by Gasteiger charge is 2.22. The molecule has 0 saturated heterocycles. The van der Waals surface area contributed by atoms with Gasteiger partial charge in [0.1, 0.15) is 11.6 Å². The smallest absolute Gasteiger partial charge is 0.258 e. The minimum absolute atomic E-state index is 0.0567. The molecule has 0 aromatic heterocycles. The van der Waals surface area contributed by atoms with Gasteiger partial charge in [0.25, 0.3) is 5.91 Å². The van der Waals surface area contributed by atoms with E-state index in [4.69, 9.17) is 0 Å². The lowest BCUT2D eigenvalue weighted by molar-refractivity contribution is -0.131. The summed E-state index contributed by atoms with van der Waals surface area (Å²) in [6, 6.07) is 26.9. The molecule has 0 spiro atoms. The zero-order valence-corrected chi connectivity index (χ0v) is 20.2. The van der Waals surface area contributed by atoms with Crippen LogP contribution in [0, 0.1) is 11.6 Å². The molecule has 0 atom stereocenters. The maximum atomic E-state index is 13.8. The van der Waals surface area contributed by atoms with Crippen molar-refractivity contribution in [3.05, 3.63) is 137 Å². The summed E-state index contributed by atoms with van der Waals surface area (Å²) in [5, 5.41) is 0. The number of hydrogen-bond donors (Lipinski definition) is 0. The minimum Gasteiger partial charge on any atom is -0.338 e. The van der Waals surface area contributed by atoms with Gasteiger partial charge >= 0.3 is 0 Å². The molecule has 6 heteroatoms. The van der Waals surface area contributed by atoms with E-state index in [2.05, 4.69) is 12.1 Å². The normalized spacial score (nSPS) is 12.6. The summed E-state index contributed by atoms with van der Waals surface area (Å²) >= 11 is 0. The van der Waals surface area contributed by atoms with Crippen molar-refractivity contribution in [2.24, 2.45) is 0 Å². The molecule has 4 aromatic rings. The molecule has 1 aliphatic heterocycles. The van der Waals surface area contributed by atoms with Crippen molar-refractivity contribution in [3.8, 4) is 0 Å². The Morgan fingerprint density at radius 3 is 2.19 bits per heavy atom. The summed E-state index contributed by atoms with van der Waals surface area (Å²) in [7, 11) is 0. The Morgan fingerprint density at radius 1 is 0.757 bits per heavy atom. The Labute approximate surface area is 214 Å². The summed E-state index contributed by atoms with van der Waals surface area (Å²) in [5.41, 5.74) is 4.86. The zero-order chi connectivity index (χ0) is 25.8. The number of halogens is 2. The first-order valence-electron chi connectivity index (χ1n) is 12.2. The van der Waals surface area contributed by atoms with E-state index in [9.17, 15) is 18.4 Å². The average Bonchev–Trinajstić information content (AvgIpc) is 2.92. The van der Waals surface area contributed by atoms with Crippen molar-refractivity contribution in [3.63, 3.8) is 0 Å². The van der Waals surface area contributed by atoms with Crippen molar-refractivity contribution in [1.29, 1.82) is 0 Å². The second kappa shape index (κ2) is 10.7. The molecule has 0 N–H and O–H groups in total. The van der Waals surface area contributed by atoms with Crippen LogP contribution in [0.2, 0.25) is 0 Å². The predicted molar refractivity (Wildman–Crippen MR) is 139 cm³/mol. The Bertz CT molecular complexity index is 1420. The molecule has 2 amide bonds. The second-order valence-corrected chi connectivity index (χ2v) is 9.21. The molecule has 0 unspecified atom stereocenters. The van der Waals surface area contributed by atoms with Crippen molar-refractivity contribution >= 4 is 17.5 Å². The van der Waals surface area contributed by atoms with Gasteiger partial charge in [0.2, 0.25) is 5.91 Å². The van der Waals surface area contributed by atoms with Crippen LogP contribution in [0.4, 0.5) is 14.5 Å². The van der Waals surface area contributed by atoms with Crippen LogP contribution in [0.3, 0.4) is 0 Å². The van der Waals surface area contributed by atoms with Crippen LogP contribution in [0.5, 0.6) is 0 Å². The van der Waals surface area contributed by atoms with Crippen LogP contribution >= 0.6 is 0 Å². The lowest BCUT2D eigenvalue weighted by Crippen LogP contribution is -2.36. The van der Waals surface area contributed by atoms with E-state index < -0.39 is 5.82 Å². The van der Waals surface area contributed by atoms with Crippen LogP contribution in [0.15, 0.2) is 97.1 Å². The maximum absolute atomic E-state index is 13.8. The highest BCUT2D eigenvalue weighted by molar-refractivity contribution is 6.06. The summed E-state index contributed by atoms with van der Waals surface area (Å²) in [5.74, 6) is -1.18. The van der Waals surface area contributed by atoms with Gasteiger partial charge in [-0.1, -0.05) is 54.6 Å². The largest absolute Gasteiger partial charge is 0.338 e. The highest BCUT2D eigenvalue weighted by atomic mass is 19.1. The Kier molecular flexibility index (Phi) is 7.08. The quantitative estimate of drug-likeness (QED) is 0.332. The molecule has 4 nitrogen and oxygen atoms in total. The number of carbonyl (C=O) groups is 2. The molecule has 0 saturated carbocycles. The first-order chi connectivity index (χ1) is 18.0. The van der Waals surface area contributed by atoms with Crippen LogP contribution in [-0.4, -0.2) is 23.3 Å². The van der Waals surface area contributed by atoms with E-state index >= 15 is 0 Å². The second-order valence-electron chi connectivity index (χ2n) is 9.21. The number of rotatable bonds is 6. The fraction of sp³-hybridized carbons (Fsp3) is 0.161. The van der Waals surface area contributed by atoms with Crippen LogP contribution < -0.4 is 4.90 Å². The highest BCUT2D eigenvalue weighted by Crippen LogP contribution is 2.23. The topological polar surface area (TPSA) is 40.6 Å². The number of anilines is 1. The molecule has 1 aliphatic rings. The third-order valence-corrected chi connectivity index (χ3v) is 6.66. The van der Waals surface area contributed by atoms with Gasteiger partial charge in [-0.2, -0.15) is 0 Å². The van der Waals surface area contributed by atoms with Crippen molar-refractivity contribution in [2.75, 3.05) is 11.4 Å². The summed E-state index contributed by atoms with van der Waals surface area (Å²) < 4.78 is 27.2. The third kappa shape index (κ3) is 5.75. The number of hydrogen-bond acceptors (Lipinski definition) is 2. The number of nitrogens with zero attached hydrogens (tertiary/aromatic N) is 2. The molecule has 0 bridgehead atoms. The van der Waals surface area contributed by atoms with Gasteiger partial charge in [0, 0.05) is 24.3 Å². The summed E-state index contributed by atoms with van der Waals surface area (Å²) in [6.07, 6.45) is 1.11. The molecule has 1 heterocycles. The van der Waals surface area contributed by atoms with Crippen molar-refractivity contribution in [1.82, 2.24) is 4.90 Å². The van der Waals surface area contributed by atoms with E-state index in [1.807, 2.05) is 29.2 Å². The first-order valence-corrected chi connectivity index (χ1v) is 12.2. The molecule has 4 aromatic carbocycles. The zero-order valence-electron chi connectivity index (χ0n) is 20.2. The van der Waals surface area contributed by atoms with Gasteiger partial charge in [0.05, 0.1) is 13.0 Å². The van der Waals surface area contributed by atoms with Gasteiger partial charge in [0.15, 0.2) is 0 Å². The molecular weight excluding hydrogens is 470 g/mol. The SMILES string of the molecule is O=C(Cc1ccc(N(Cc2ccc(F)cc2)C(=O)c2cccc(F)c2)cc1)N1CCc2ccccc2C1. The van der Waals surface area contributed by atoms with Crippen LogP contribution in [0.1, 0.15) is 32.6 Å². The van der Waals surface area contributed by atoms with E-state index in [1.165, 1.54) is 46.4 Å². The molecule has 0 aliphatic carbocycles. The molecular formula is C31H26F2N2O2. The van der Waals surface area contributed by atoms with Crippen LogP contribution in [0.25, 0.3) is 0 Å². The minimum atomic E-state index is -0.498. The lowest BCUT2D eigenvalue weighted by atomic mass is 9.99. The van der Waals surface area contributed by atoms with Crippen molar-refractivity contribution in [2.45, 2.75) is 25.9 Å². The lowest BCUT2D eigenvalue weighted by Gasteiger charge is -2.29. The average molecular weight is 497 g/mol. The Morgan fingerprint density at radius 2 is 1.46 bits per heavy atom. The summed E-state index contributed by atoms with van der Waals surface area (Å²) in [6.45, 7) is 1.49. The first kappa shape index (κ1) is 24.4. The van der Waals surface area contributed by atoms with E-state index in [1.54, 1.807) is 30.3 Å². The monoisotopic (exact) mass is 496 g/mol. The number of carbonyl (C=O) groups excluding carboxylic acids is 2. The Balaban J connectivity index is 1.34. The van der Waals surface area contributed by atoms with Gasteiger partial charge in [-0.15, -0.1) is 0 Å². The number of amides is 2. The molecule has 5 rings (SSSR count). The molecule has 37 heavy (non-hydrogen) atoms. The Hall–Kier alpha value is -4.32. The summed E-state index contributed by atoms with van der Waals surface area (Å²) in [4.78, 5) is 29.8. The number of benzene rings is 4. The predicted octanol–water partition coefficient (Wildman–Crippen LogP) is 5.94. The number of fused-ring (bicyclic) bond motifs is 1. The van der Waals surface area contributed by atoms with Crippen LogP contribution in [-0.2, 0) is 30.7 Å².